The second-order valence-electron chi connectivity index (χ2n) is 6.71. The summed E-state index contributed by atoms with van der Waals surface area (Å²) in [6, 6.07) is 8.29. The third kappa shape index (κ3) is 3.70. The van der Waals surface area contributed by atoms with Crippen LogP contribution in [0.15, 0.2) is 36.7 Å². The fourth-order valence-electron chi connectivity index (χ4n) is 3.54. The van der Waals surface area contributed by atoms with Crippen LogP contribution in [-0.2, 0) is 6.42 Å². The van der Waals surface area contributed by atoms with Gasteiger partial charge >= 0.3 is 0 Å². The molecule has 1 aromatic carbocycles. The average Bonchev–Trinajstić information content (AvgIpc) is 3.16. The zero-order valence-corrected chi connectivity index (χ0v) is 15.5. The molecule has 1 amide bonds. The highest BCUT2D eigenvalue weighted by molar-refractivity contribution is 5.94. The Hall–Kier alpha value is -2.30. The van der Waals surface area contributed by atoms with Gasteiger partial charge in [-0.2, -0.15) is 0 Å². The first-order chi connectivity index (χ1) is 12.1. The molecule has 1 saturated heterocycles. The molecule has 3 rings (SSSR count). The number of hydrogen-bond acceptors (Lipinski definition) is 3. The van der Waals surface area contributed by atoms with Crippen molar-refractivity contribution < 1.29 is 4.79 Å². The number of aromatic nitrogens is 2. The molecule has 1 fully saturated rings. The van der Waals surface area contributed by atoms with Crippen LogP contribution in [-0.4, -0.2) is 47.0 Å². The van der Waals surface area contributed by atoms with Crippen LogP contribution in [0.1, 0.15) is 48.9 Å². The SMILES string of the molecule is CCc1nccn1C1CCCN(C(=O)c2ccc(N(C)CC)cc2)C1. The highest BCUT2D eigenvalue weighted by Crippen LogP contribution is 2.25. The number of benzene rings is 1. The van der Waals surface area contributed by atoms with Crippen molar-refractivity contribution in [1.82, 2.24) is 14.5 Å². The summed E-state index contributed by atoms with van der Waals surface area (Å²) in [5.74, 6) is 1.24. The van der Waals surface area contributed by atoms with Crippen LogP contribution in [0.4, 0.5) is 5.69 Å². The lowest BCUT2D eigenvalue weighted by Crippen LogP contribution is -2.40. The van der Waals surface area contributed by atoms with E-state index in [1.165, 1.54) is 0 Å². The van der Waals surface area contributed by atoms with Crippen LogP contribution in [0, 0.1) is 0 Å². The van der Waals surface area contributed by atoms with E-state index in [1.54, 1.807) is 0 Å². The molecule has 134 valence electrons. The fraction of sp³-hybridized carbons (Fsp3) is 0.500. The van der Waals surface area contributed by atoms with Gasteiger partial charge in [0.05, 0.1) is 6.04 Å². The summed E-state index contributed by atoms with van der Waals surface area (Å²) >= 11 is 0. The molecule has 5 nitrogen and oxygen atoms in total. The average molecular weight is 340 g/mol. The Morgan fingerprint density at radius 2 is 2.04 bits per heavy atom. The molecule has 2 aromatic rings. The lowest BCUT2D eigenvalue weighted by atomic mass is 10.0. The fourth-order valence-corrected chi connectivity index (χ4v) is 3.54. The number of aryl methyl sites for hydroxylation is 1. The molecule has 0 bridgehead atoms. The second-order valence-corrected chi connectivity index (χ2v) is 6.71. The molecular formula is C20H28N4O. The number of rotatable bonds is 5. The Morgan fingerprint density at radius 1 is 1.28 bits per heavy atom. The van der Waals surface area contributed by atoms with Gasteiger partial charge in [-0.05, 0) is 44.0 Å². The molecule has 1 aliphatic heterocycles. The topological polar surface area (TPSA) is 41.4 Å². The number of nitrogens with zero attached hydrogens (tertiary/aromatic N) is 4. The molecule has 1 aromatic heterocycles. The van der Waals surface area contributed by atoms with E-state index in [9.17, 15) is 4.79 Å². The summed E-state index contributed by atoms with van der Waals surface area (Å²) in [5, 5.41) is 0. The van der Waals surface area contributed by atoms with E-state index < -0.39 is 0 Å². The van der Waals surface area contributed by atoms with Crippen molar-refractivity contribution in [2.24, 2.45) is 0 Å². The van der Waals surface area contributed by atoms with E-state index in [0.29, 0.717) is 6.04 Å². The molecule has 0 aliphatic carbocycles. The van der Waals surface area contributed by atoms with Gasteiger partial charge in [0.25, 0.3) is 5.91 Å². The van der Waals surface area contributed by atoms with E-state index in [0.717, 1.165) is 56.0 Å². The molecular weight excluding hydrogens is 312 g/mol. The summed E-state index contributed by atoms with van der Waals surface area (Å²) in [4.78, 5) is 21.5. The monoisotopic (exact) mass is 340 g/mol. The highest BCUT2D eigenvalue weighted by atomic mass is 16.2. The van der Waals surface area contributed by atoms with Crippen molar-refractivity contribution in [2.75, 3.05) is 31.6 Å². The van der Waals surface area contributed by atoms with Crippen molar-refractivity contribution in [2.45, 2.75) is 39.2 Å². The van der Waals surface area contributed by atoms with Crippen molar-refractivity contribution >= 4 is 11.6 Å². The van der Waals surface area contributed by atoms with Crippen LogP contribution in [0.5, 0.6) is 0 Å². The van der Waals surface area contributed by atoms with Gasteiger partial charge in [-0.1, -0.05) is 6.92 Å². The van der Waals surface area contributed by atoms with Crippen LogP contribution in [0.2, 0.25) is 0 Å². The first-order valence-electron chi connectivity index (χ1n) is 9.26. The van der Waals surface area contributed by atoms with Crippen LogP contribution in [0.25, 0.3) is 0 Å². The third-order valence-electron chi connectivity index (χ3n) is 5.17. The van der Waals surface area contributed by atoms with Crippen LogP contribution < -0.4 is 4.90 Å². The maximum atomic E-state index is 12.9. The van der Waals surface area contributed by atoms with Crippen LogP contribution >= 0.6 is 0 Å². The van der Waals surface area contributed by atoms with Crippen LogP contribution in [0.3, 0.4) is 0 Å². The van der Waals surface area contributed by atoms with Gasteiger partial charge in [-0.3, -0.25) is 4.79 Å². The minimum atomic E-state index is 0.133. The lowest BCUT2D eigenvalue weighted by molar-refractivity contribution is 0.0678. The molecule has 1 atom stereocenters. The molecule has 2 heterocycles. The number of hydrogen-bond donors (Lipinski definition) is 0. The molecule has 25 heavy (non-hydrogen) atoms. The predicted molar refractivity (Wildman–Crippen MR) is 101 cm³/mol. The number of imidazole rings is 1. The van der Waals surface area contributed by atoms with E-state index in [2.05, 4.69) is 35.3 Å². The number of carbonyl (C=O) groups is 1. The van der Waals surface area contributed by atoms with Gasteiger partial charge < -0.3 is 14.4 Å². The Labute approximate surface area is 150 Å². The number of amides is 1. The quantitative estimate of drug-likeness (QED) is 0.838. The molecule has 1 unspecified atom stereocenters. The Kier molecular flexibility index (Phi) is 5.41. The van der Waals surface area contributed by atoms with Gasteiger partial charge in [0.1, 0.15) is 5.82 Å². The summed E-state index contributed by atoms with van der Waals surface area (Å²) in [6.07, 6.45) is 6.97. The van der Waals surface area contributed by atoms with E-state index >= 15 is 0 Å². The summed E-state index contributed by atoms with van der Waals surface area (Å²) in [6.45, 7) is 6.79. The molecule has 5 heteroatoms. The Morgan fingerprint density at radius 3 is 2.72 bits per heavy atom. The van der Waals surface area contributed by atoms with E-state index in [4.69, 9.17) is 0 Å². The summed E-state index contributed by atoms with van der Waals surface area (Å²) in [5.41, 5.74) is 1.91. The normalized spacial score (nSPS) is 17.6. The maximum Gasteiger partial charge on any atom is 0.253 e. The molecule has 0 radical (unpaired) electrons. The first kappa shape index (κ1) is 17.5. The number of piperidine rings is 1. The van der Waals surface area contributed by atoms with Gasteiger partial charge in [0.15, 0.2) is 0 Å². The highest BCUT2D eigenvalue weighted by Gasteiger charge is 2.26. The minimum Gasteiger partial charge on any atom is -0.375 e. The number of anilines is 1. The molecule has 0 spiro atoms. The smallest absolute Gasteiger partial charge is 0.253 e. The third-order valence-corrected chi connectivity index (χ3v) is 5.17. The maximum absolute atomic E-state index is 12.9. The zero-order chi connectivity index (χ0) is 17.8. The molecule has 1 aliphatic rings. The van der Waals surface area contributed by atoms with Crippen molar-refractivity contribution in [3.8, 4) is 0 Å². The minimum absolute atomic E-state index is 0.133. The van der Waals surface area contributed by atoms with Gasteiger partial charge in [0, 0.05) is 56.7 Å². The second kappa shape index (κ2) is 7.72. The number of carbonyl (C=O) groups excluding carboxylic acids is 1. The molecule has 0 saturated carbocycles. The largest absolute Gasteiger partial charge is 0.375 e. The van der Waals surface area contributed by atoms with Gasteiger partial charge in [-0.15, -0.1) is 0 Å². The van der Waals surface area contributed by atoms with E-state index in [-0.39, 0.29) is 5.91 Å². The summed E-state index contributed by atoms with van der Waals surface area (Å²) < 4.78 is 2.25. The standard InChI is InChI=1S/C20H28N4O/c1-4-19-21-12-14-24(19)18-7-6-13-23(15-18)20(25)16-8-10-17(11-9-16)22(3)5-2/h8-12,14,18H,4-7,13,15H2,1-3H3. The van der Waals surface area contributed by atoms with Crippen molar-refractivity contribution in [3.63, 3.8) is 0 Å². The predicted octanol–water partition coefficient (Wildman–Crippen LogP) is 3.38. The first-order valence-corrected chi connectivity index (χ1v) is 9.26. The molecule has 0 N–H and O–H groups in total. The Bertz CT molecular complexity index is 707. The summed E-state index contributed by atoms with van der Waals surface area (Å²) in [7, 11) is 2.06. The van der Waals surface area contributed by atoms with Gasteiger partial charge in [0.2, 0.25) is 0 Å². The number of likely N-dealkylation sites (tertiary alicyclic amines) is 1. The zero-order valence-electron chi connectivity index (χ0n) is 15.5. The van der Waals surface area contributed by atoms with Gasteiger partial charge in [-0.25, -0.2) is 4.98 Å². The van der Waals surface area contributed by atoms with Crippen molar-refractivity contribution in [1.29, 1.82) is 0 Å². The lowest BCUT2D eigenvalue weighted by Gasteiger charge is -2.34. The van der Waals surface area contributed by atoms with Crippen molar-refractivity contribution in [3.05, 3.63) is 48.0 Å². The Balaban J connectivity index is 1.71. The van der Waals surface area contributed by atoms with E-state index in [1.807, 2.05) is 41.6 Å².